The number of ether oxygens (including phenoxy) is 1. The fourth-order valence-corrected chi connectivity index (χ4v) is 3.76. The molecule has 1 aliphatic rings. The number of alkyl carbamates (subject to hydrolysis) is 1. The van der Waals surface area contributed by atoms with Gasteiger partial charge >= 0.3 is 6.09 Å². The van der Waals surface area contributed by atoms with Crippen molar-refractivity contribution in [3.05, 3.63) is 95.3 Å². The Morgan fingerprint density at radius 1 is 1.07 bits per heavy atom. The third-order valence-corrected chi connectivity index (χ3v) is 5.15. The van der Waals surface area contributed by atoms with Crippen molar-refractivity contribution in [3.63, 3.8) is 0 Å². The number of nitrogens with one attached hydrogen (secondary N) is 1. The van der Waals surface area contributed by atoms with Gasteiger partial charge in [0, 0.05) is 18.7 Å². The zero-order chi connectivity index (χ0) is 20.1. The molecule has 0 atom stereocenters. The summed E-state index contributed by atoms with van der Waals surface area (Å²) in [6.45, 7) is 2.90. The molecular formula is C25H24N2O2. The lowest BCUT2D eigenvalue weighted by atomic mass is 9.98. The van der Waals surface area contributed by atoms with Crippen LogP contribution in [0.4, 0.5) is 4.79 Å². The Morgan fingerprint density at radius 3 is 2.45 bits per heavy atom. The van der Waals surface area contributed by atoms with E-state index in [1.165, 1.54) is 27.8 Å². The monoisotopic (exact) mass is 384 g/mol. The standard InChI is InChI=1S/C25H24N2O2/c1-18-13-15-26-19(16-18)8-6-7-14-27-25(28)29-17-24-22-11-4-2-9-20(22)21-10-3-5-12-23(21)24/h2-6,8-13,15-16,24H,7,14,17H2,1H3,(H,27,28). The lowest BCUT2D eigenvalue weighted by Crippen LogP contribution is -2.26. The van der Waals surface area contributed by atoms with Gasteiger partial charge in [-0.15, -0.1) is 0 Å². The molecule has 4 nitrogen and oxygen atoms in total. The zero-order valence-electron chi connectivity index (χ0n) is 16.5. The first-order valence-corrected chi connectivity index (χ1v) is 9.90. The molecule has 1 heterocycles. The Hall–Kier alpha value is -3.40. The van der Waals surface area contributed by atoms with E-state index in [-0.39, 0.29) is 12.0 Å². The number of carbonyl (C=O) groups excluding carboxylic acids is 1. The van der Waals surface area contributed by atoms with E-state index in [1.807, 2.05) is 55.5 Å². The molecule has 0 fully saturated rings. The van der Waals surface area contributed by atoms with E-state index in [0.717, 1.165) is 12.1 Å². The third kappa shape index (κ3) is 4.37. The lowest BCUT2D eigenvalue weighted by molar-refractivity contribution is 0.143. The van der Waals surface area contributed by atoms with E-state index >= 15 is 0 Å². The maximum absolute atomic E-state index is 12.1. The number of aromatic nitrogens is 1. The van der Waals surface area contributed by atoms with Crippen molar-refractivity contribution < 1.29 is 9.53 Å². The van der Waals surface area contributed by atoms with Crippen LogP contribution in [0.5, 0.6) is 0 Å². The summed E-state index contributed by atoms with van der Waals surface area (Å²) in [4.78, 5) is 16.4. The maximum atomic E-state index is 12.1. The second-order valence-electron chi connectivity index (χ2n) is 7.20. The van der Waals surface area contributed by atoms with Gasteiger partial charge in [0.1, 0.15) is 6.61 Å². The fraction of sp³-hybridized carbons (Fsp3) is 0.200. The van der Waals surface area contributed by atoms with E-state index < -0.39 is 0 Å². The summed E-state index contributed by atoms with van der Waals surface area (Å²) in [5.41, 5.74) is 6.99. The predicted molar refractivity (Wildman–Crippen MR) is 116 cm³/mol. The van der Waals surface area contributed by atoms with E-state index in [4.69, 9.17) is 4.74 Å². The van der Waals surface area contributed by atoms with Crippen molar-refractivity contribution in [2.24, 2.45) is 0 Å². The van der Waals surface area contributed by atoms with Crippen molar-refractivity contribution in [1.82, 2.24) is 10.3 Å². The van der Waals surface area contributed by atoms with Gasteiger partial charge in [0.25, 0.3) is 0 Å². The van der Waals surface area contributed by atoms with Gasteiger partial charge in [0.15, 0.2) is 0 Å². The highest BCUT2D eigenvalue weighted by Gasteiger charge is 2.28. The molecule has 0 unspecified atom stereocenters. The van der Waals surface area contributed by atoms with E-state index in [1.54, 1.807) is 6.20 Å². The van der Waals surface area contributed by atoms with Crippen LogP contribution in [0.15, 0.2) is 72.9 Å². The summed E-state index contributed by atoms with van der Waals surface area (Å²) in [5.74, 6) is 0.0837. The van der Waals surface area contributed by atoms with Crippen LogP contribution in [0.3, 0.4) is 0 Å². The van der Waals surface area contributed by atoms with Gasteiger partial charge < -0.3 is 10.1 Å². The second-order valence-corrected chi connectivity index (χ2v) is 7.20. The molecule has 0 radical (unpaired) electrons. The minimum atomic E-state index is -0.381. The highest BCUT2D eigenvalue weighted by atomic mass is 16.5. The highest BCUT2D eigenvalue weighted by molar-refractivity contribution is 5.79. The molecule has 1 aromatic heterocycles. The number of aryl methyl sites for hydroxylation is 1. The number of rotatable bonds is 6. The number of amides is 1. The molecule has 0 saturated heterocycles. The van der Waals surface area contributed by atoms with Crippen LogP contribution in [0.25, 0.3) is 17.2 Å². The minimum Gasteiger partial charge on any atom is -0.449 e. The normalized spacial score (nSPS) is 12.6. The Morgan fingerprint density at radius 2 is 1.76 bits per heavy atom. The van der Waals surface area contributed by atoms with Crippen LogP contribution in [-0.4, -0.2) is 24.2 Å². The first-order chi connectivity index (χ1) is 14.2. The average molecular weight is 384 g/mol. The maximum Gasteiger partial charge on any atom is 0.407 e. The van der Waals surface area contributed by atoms with Crippen molar-refractivity contribution in [3.8, 4) is 11.1 Å². The van der Waals surface area contributed by atoms with Crippen LogP contribution >= 0.6 is 0 Å². The fourth-order valence-electron chi connectivity index (χ4n) is 3.76. The van der Waals surface area contributed by atoms with Crippen molar-refractivity contribution >= 4 is 12.2 Å². The average Bonchev–Trinajstić information content (AvgIpc) is 3.06. The van der Waals surface area contributed by atoms with E-state index in [9.17, 15) is 4.79 Å². The van der Waals surface area contributed by atoms with Gasteiger partial charge in [-0.05, 0) is 59.4 Å². The Kier molecular flexibility index (Phi) is 5.71. The number of nitrogens with zero attached hydrogens (tertiary/aromatic N) is 1. The Balaban J connectivity index is 1.28. The molecule has 1 amide bonds. The van der Waals surface area contributed by atoms with Crippen molar-refractivity contribution in [2.45, 2.75) is 19.3 Å². The SMILES string of the molecule is Cc1ccnc(C=CCCNC(=O)OCC2c3ccccc3-c3ccccc32)c1. The number of benzene rings is 2. The number of hydrogen-bond donors (Lipinski definition) is 1. The smallest absolute Gasteiger partial charge is 0.407 e. The first-order valence-electron chi connectivity index (χ1n) is 9.90. The van der Waals surface area contributed by atoms with Gasteiger partial charge in [0.05, 0.1) is 5.69 Å². The predicted octanol–water partition coefficient (Wildman–Crippen LogP) is 5.33. The molecule has 29 heavy (non-hydrogen) atoms. The lowest BCUT2D eigenvalue weighted by Gasteiger charge is -2.14. The van der Waals surface area contributed by atoms with Crippen molar-refractivity contribution in [2.75, 3.05) is 13.2 Å². The molecule has 1 N–H and O–H groups in total. The summed E-state index contributed by atoms with van der Waals surface area (Å²) in [5, 5.41) is 2.82. The zero-order valence-corrected chi connectivity index (χ0v) is 16.5. The van der Waals surface area contributed by atoms with Gasteiger partial charge in [-0.1, -0.05) is 54.6 Å². The summed E-state index contributed by atoms with van der Waals surface area (Å²) < 4.78 is 5.53. The minimum absolute atomic E-state index is 0.0837. The van der Waals surface area contributed by atoms with E-state index in [2.05, 4.69) is 34.6 Å². The van der Waals surface area contributed by atoms with Crippen molar-refractivity contribution in [1.29, 1.82) is 0 Å². The summed E-state index contributed by atoms with van der Waals surface area (Å²) in [7, 11) is 0. The van der Waals surface area contributed by atoms with Gasteiger partial charge in [-0.25, -0.2) is 4.79 Å². The van der Waals surface area contributed by atoms with E-state index in [0.29, 0.717) is 13.2 Å². The number of hydrogen-bond acceptors (Lipinski definition) is 3. The quantitative estimate of drug-likeness (QED) is 0.584. The summed E-state index contributed by atoms with van der Waals surface area (Å²) in [6.07, 6.45) is 6.11. The third-order valence-electron chi connectivity index (χ3n) is 5.15. The van der Waals surface area contributed by atoms with Gasteiger partial charge in [-0.3, -0.25) is 4.98 Å². The molecule has 4 heteroatoms. The number of carbonyl (C=O) groups is 1. The van der Waals surface area contributed by atoms with Crippen LogP contribution in [0.1, 0.15) is 34.7 Å². The molecule has 2 aromatic carbocycles. The summed E-state index contributed by atoms with van der Waals surface area (Å²) in [6, 6.07) is 20.6. The molecule has 146 valence electrons. The van der Waals surface area contributed by atoms with Crippen LogP contribution in [0, 0.1) is 6.92 Å². The second kappa shape index (κ2) is 8.74. The van der Waals surface area contributed by atoms with Gasteiger partial charge in [-0.2, -0.15) is 0 Å². The molecule has 0 aliphatic heterocycles. The Bertz CT molecular complexity index is 997. The molecule has 3 aromatic rings. The summed E-state index contributed by atoms with van der Waals surface area (Å²) >= 11 is 0. The topological polar surface area (TPSA) is 51.2 Å². The molecule has 0 bridgehead atoms. The molecule has 0 spiro atoms. The number of pyridine rings is 1. The van der Waals surface area contributed by atoms with Gasteiger partial charge in [0.2, 0.25) is 0 Å². The van der Waals surface area contributed by atoms with Crippen LogP contribution < -0.4 is 5.32 Å². The number of fused-ring (bicyclic) bond motifs is 3. The first kappa shape index (κ1) is 18.9. The molecular weight excluding hydrogens is 360 g/mol. The van der Waals surface area contributed by atoms with Crippen LogP contribution in [-0.2, 0) is 4.74 Å². The largest absolute Gasteiger partial charge is 0.449 e. The molecule has 1 aliphatic carbocycles. The van der Waals surface area contributed by atoms with Crippen LogP contribution in [0.2, 0.25) is 0 Å². The highest BCUT2D eigenvalue weighted by Crippen LogP contribution is 2.44. The molecule has 0 saturated carbocycles. The molecule has 4 rings (SSSR count). The Labute approximate surface area is 171 Å².